The fourth-order valence-electron chi connectivity index (χ4n) is 4.04. The van der Waals surface area contributed by atoms with E-state index in [1.807, 2.05) is 12.1 Å². The van der Waals surface area contributed by atoms with Gasteiger partial charge in [0, 0.05) is 30.1 Å². The maximum atomic E-state index is 9.75. The van der Waals surface area contributed by atoms with Crippen LogP contribution in [-0.2, 0) is 6.54 Å². The van der Waals surface area contributed by atoms with E-state index >= 15 is 0 Å². The van der Waals surface area contributed by atoms with E-state index in [9.17, 15) is 5.11 Å². The molecule has 4 heterocycles. The Balaban J connectivity index is 1.46. The summed E-state index contributed by atoms with van der Waals surface area (Å²) in [5.41, 5.74) is 3.18. The summed E-state index contributed by atoms with van der Waals surface area (Å²) in [5, 5.41) is 19.3. The molecular weight excluding hydrogens is 366 g/mol. The topological polar surface area (TPSA) is 92.8 Å². The molecule has 1 aromatic carbocycles. The molecule has 5 rings (SSSR count). The first kappa shape index (κ1) is 17.9. The summed E-state index contributed by atoms with van der Waals surface area (Å²) in [7, 11) is 0. The minimum absolute atomic E-state index is 0.105. The molecule has 1 aliphatic heterocycles. The third-order valence-electron chi connectivity index (χ3n) is 5.70. The number of pyridine rings is 1. The largest absolute Gasteiger partial charge is 0.396 e. The highest BCUT2D eigenvalue weighted by molar-refractivity contribution is 5.79. The predicted molar refractivity (Wildman–Crippen MR) is 111 cm³/mol. The molecule has 148 valence electrons. The number of nitrogens with zero attached hydrogens (tertiary/aromatic N) is 7. The van der Waals surface area contributed by atoms with E-state index in [-0.39, 0.29) is 12.0 Å². The smallest absolute Gasteiger partial charge is 0.221 e. The molecule has 0 radical (unpaired) electrons. The number of rotatable bonds is 4. The van der Waals surface area contributed by atoms with Crippen molar-refractivity contribution in [3.05, 3.63) is 48.3 Å². The molecule has 1 fully saturated rings. The Kier molecular flexibility index (Phi) is 4.35. The Morgan fingerprint density at radius 1 is 1.21 bits per heavy atom. The quantitative estimate of drug-likeness (QED) is 0.573. The van der Waals surface area contributed by atoms with Gasteiger partial charge < -0.3 is 10.0 Å². The van der Waals surface area contributed by atoms with E-state index in [1.165, 1.54) is 0 Å². The van der Waals surface area contributed by atoms with Gasteiger partial charge in [-0.3, -0.25) is 4.98 Å². The molecule has 8 nitrogen and oxygen atoms in total. The third kappa shape index (κ3) is 3.40. The Labute approximate surface area is 168 Å². The van der Waals surface area contributed by atoms with Gasteiger partial charge in [-0.05, 0) is 36.6 Å². The van der Waals surface area contributed by atoms with Crippen LogP contribution in [0, 0.1) is 5.41 Å². The fourth-order valence-corrected chi connectivity index (χ4v) is 4.04. The predicted octanol–water partition coefficient (Wildman–Crippen LogP) is 2.42. The molecule has 0 spiro atoms. The lowest BCUT2D eigenvalue weighted by Crippen LogP contribution is -2.44. The van der Waals surface area contributed by atoms with Gasteiger partial charge in [0.15, 0.2) is 5.65 Å². The molecule has 0 bridgehead atoms. The van der Waals surface area contributed by atoms with Crippen molar-refractivity contribution in [3.8, 4) is 0 Å². The van der Waals surface area contributed by atoms with Crippen molar-refractivity contribution in [1.29, 1.82) is 0 Å². The second-order valence-electron chi connectivity index (χ2n) is 8.15. The minimum Gasteiger partial charge on any atom is -0.396 e. The zero-order valence-electron chi connectivity index (χ0n) is 16.4. The van der Waals surface area contributed by atoms with Gasteiger partial charge in [-0.1, -0.05) is 24.3 Å². The van der Waals surface area contributed by atoms with Gasteiger partial charge >= 0.3 is 0 Å². The van der Waals surface area contributed by atoms with Crippen LogP contribution in [0.25, 0.3) is 22.2 Å². The average Bonchev–Trinajstić information content (AvgIpc) is 3.16. The first-order chi connectivity index (χ1) is 14.1. The summed E-state index contributed by atoms with van der Waals surface area (Å²) < 4.78 is 1.79. The summed E-state index contributed by atoms with van der Waals surface area (Å²) in [5.74, 6) is 0.808. The van der Waals surface area contributed by atoms with Gasteiger partial charge in [-0.15, -0.1) is 5.10 Å². The number of aliphatic hydroxyl groups is 1. The second-order valence-corrected chi connectivity index (χ2v) is 8.15. The van der Waals surface area contributed by atoms with E-state index < -0.39 is 0 Å². The second kappa shape index (κ2) is 7.04. The summed E-state index contributed by atoms with van der Waals surface area (Å²) in [6.45, 7) is 4.53. The summed E-state index contributed by atoms with van der Waals surface area (Å²) in [6, 6.07) is 10.2. The van der Waals surface area contributed by atoms with Gasteiger partial charge in [0.25, 0.3) is 0 Å². The van der Waals surface area contributed by atoms with Crippen molar-refractivity contribution < 1.29 is 5.11 Å². The highest BCUT2D eigenvalue weighted by Gasteiger charge is 2.31. The van der Waals surface area contributed by atoms with Crippen LogP contribution in [0.4, 0.5) is 5.82 Å². The van der Waals surface area contributed by atoms with Crippen LogP contribution in [0.15, 0.2) is 42.7 Å². The van der Waals surface area contributed by atoms with Crippen LogP contribution in [0.1, 0.15) is 25.3 Å². The van der Waals surface area contributed by atoms with Crippen molar-refractivity contribution in [1.82, 2.24) is 29.9 Å². The number of piperidine rings is 1. The normalized spacial score (nSPS) is 19.9. The number of benzene rings is 1. The Bertz CT molecular complexity index is 1170. The van der Waals surface area contributed by atoms with Crippen LogP contribution in [0.3, 0.4) is 0 Å². The van der Waals surface area contributed by atoms with E-state index in [0.717, 1.165) is 48.2 Å². The summed E-state index contributed by atoms with van der Waals surface area (Å²) in [6.07, 6.45) is 5.60. The van der Waals surface area contributed by atoms with Crippen LogP contribution >= 0.6 is 0 Å². The molecule has 4 aromatic rings. The molecule has 1 saturated heterocycles. The number of aliphatic hydroxyl groups excluding tert-OH is 1. The van der Waals surface area contributed by atoms with Crippen molar-refractivity contribution in [2.24, 2.45) is 5.41 Å². The number of hydrogen-bond acceptors (Lipinski definition) is 7. The van der Waals surface area contributed by atoms with Gasteiger partial charge in [0.2, 0.25) is 5.65 Å². The molecular formula is C21H23N7O. The van der Waals surface area contributed by atoms with E-state index in [4.69, 9.17) is 4.98 Å². The molecule has 8 heteroatoms. The molecule has 1 N–H and O–H groups in total. The van der Waals surface area contributed by atoms with Crippen LogP contribution in [0.2, 0.25) is 0 Å². The molecule has 0 aliphatic carbocycles. The summed E-state index contributed by atoms with van der Waals surface area (Å²) >= 11 is 0. The van der Waals surface area contributed by atoms with E-state index in [2.05, 4.69) is 50.3 Å². The number of fused-ring (bicyclic) bond motifs is 2. The molecule has 1 aliphatic rings. The lowest BCUT2D eigenvalue weighted by molar-refractivity contribution is 0.123. The average molecular weight is 389 g/mol. The molecule has 29 heavy (non-hydrogen) atoms. The molecule has 1 atom stereocenters. The lowest BCUT2D eigenvalue weighted by atomic mass is 9.83. The molecule has 0 amide bonds. The maximum absolute atomic E-state index is 9.75. The maximum Gasteiger partial charge on any atom is 0.221 e. The van der Waals surface area contributed by atoms with Crippen molar-refractivity contribution in [3.63, 3.8) is 0 Å². The van der Waals surface area contributed by atoms with Gasteiger partial charge in [-0.2, -0.15) is 0 Å². The lowest BCUT2D eigenvalue weighted by Gasteiger charge is -2.39. The summed E-state index contributed by atoms with van der Waals surface area (Å²) in [4.78, 5) is 15.9. The highest BCUT2D eigenvalue weighted by atomic mass is 16.3. The molecule has 0 saturated carbocycles. The fraction of sp³-hybridized carbons (Fsp3) is 0.381. The van der Waals surface area contributed by atoms with Crippen LogP contribution in [0.5, 0.6) is 0 Å². The number of aromatic nitrogens is 6. The SMILES string of the molecule is CC1(CO)CCCN(c2cnc3nnn(Cc4ccc5ncccc5c4)c3n2)C1. The van der Waals surface area contributed by atoms with E-state index in [1.54, 1.807) is 17.1 Å². The number of anilines is 1. The zero-order valence-corrected chi connectivity index (χ0v) is 16.4. The van der Waals surface area contributed by atoms with Crippen molar-refractivity contribution in [2.45, 2.75) is 26.3 Å². The van der Waals surface area contributed by atoms with Crippen LogP contribution in [-0.4, -0.2) is 54.7 Å². The molecule has 3 aromatic heterocycles. The first-order valence-electron chi connectivity index (χ1n) is 9.89. The molecule has 1 unspecified atom stereocenters. The monoisotopic (exact) mass is 389 g/mol. The third-order valence-corrected chi connectivity index (χ3v) is 5.70. The van der Waals surface area contributed by atoms with Crippen molar-refractivity contribution >= 4 is 28.0 Å². The Morgan fingerprint density at radius 3 is 3.03 bits per heavy atom. The standard InChI is InChI=1S/C21H23N7O/c1-21(14-29)7-3-9-27(13-21)18-11-23-19-20(24-18)28(26-25-19)12-15-5-6-17-16(10-15)4-2-8-22-17/h2,4-6,8,10-11,29H,3,7,9,12-14H2,1H3. The first-order valence-corrected chi connectivity index (χ1v) is 9.89. The zero-order chi connectivity index (χ0) is 19.8. The van der Waals surface area contributed by atoms with Gasteiger partial charge in [-0.25, -0.2) is 14.6 Å². The van der Waals surface area contributed by atoms with E-state index in [0.29, 0.717) is 17.8 Å². The van der Waals surface area contributed by atoms with Crippen LogP contribution < -0.4 is 4.90 Å². The minimum atomic E-state index is -0.105. The van der Waals surface area contributed by atoms with Crippen molar-refractivity contribution in [2.75, 3.05) is 24.6 Å². The van der Waals surface area contributed by atoms with Gasteiger partial charge in [0.1, 0.15) is 5.82 Å². The van der Waals surface area contributed by atoms with Gasteiger partial charge in [0.05, 0.1) is 24.9 Å². The Hall–Kier alpha value is -3.13. The number of hydrogen-bond donors (Lipinski definition) is 1. The Morgan fingerprint density at radius 2 is 2.14 bits per heavy atom. The highest BCUT2D eigenvalue weighted by Crippen LogP contribution is 2.31.